The summed E-state index contributed by atoms with van der Waals surface area (Å²) in [6, 6.07) is 7.50. The molecule has 4 nitrogen and oxygen atoms in total. The molecule has 1 aromatic carbocycles. The Labute approximate surface area is 102 Å². The Bertz CT molecular complexity index is 366. The maximum absolute atomic E-state index is 11.3. The molecule has 1 aromatic rings. The minimum absolute atomic E-state index is 0.437. The lowest BCUT2D eigenvalue weighted by Gasteiger charge is -2.19. The van der Waals surface area contributed by atoms with Crippen LogP contribution in [0.2, 0.25) is 0 Å². The summed E-state index contributed by atoms with van der Waals surface area (Å²) in [7, 11) is 0. The van der Waals surface area contributed by atoms with Crippen molar-refractivity contribution in [1.29, 1.82) is 0 Å². The van der Waals surface area contributed by atoms with Crippen LogP contribution in [0.4, 0.5) is 10.5 Å². The molecule has 4 heteroatoms. The van der Waals surface area contributed by atoms with Gasteiger partial charge in [0.2, 0.25) is 0 Å². The average molecular weight is 235 g/mol. The summed E-state index contributed by atoms with van der Waals surface area (Å²) < 4.78 is 5.09. The van der Waals surface area contributed by atoms with Gasteiger partial charge in [0.05, 0.1) is 6.54 Å². The highest BCUT2D eigenvalue weighted by molar-refractivity contribution is 5.68. The van der Waals surface area contributed by atoms with E-state index >= 15 is 0 Å². The van der Waals surface area contributed by atoms with Gasteiger partial charge < -0.3 is 15.8 Å². The smallest absolute Gasteiger partial charge is 0.407 e. The maximum Gasteiger partial charge on any atom is 0.407 e. The van der Waals surface area contributed by atoms with Crippen LogP contribution >= 0.6 is 0 Å². The third-order valence-corrected chi connectivity index (χ3v) is 1.94. The summed E-state index contributed by atoms with van der Waals surface area (Å²) in [5, 5.41) is 2.58. The summed E-state index contributed by atoms with van der Waals surface area (Å²) in [4.78, 5) is 11.3. The Morgan fingerprint density at radius 3 is 2.47 bits per heavy atom. The highest BCUT2D eigenvalue weighted by Crippen LogP contribution is 2.08. The molecule has 0 spiro atoms. The Morgan fingerprint density at radius 1 is 1.35 bits per heavy atom. The third kappa shape index (κ3) is 5.80. The minimum Gasteiger partial charge on any atom is -0.444 e. The van der Waals surface area contributed by atoms with Crippen LogP contribution in [0.15, 0.2) is 24.3 Å². The highest BCUT2D eigenvalue weighted by atomic mass is 16.6. The van der Waals surface area contributed by atoms with Crippen molar-refractivity contribution in [1.82, 2.24) is 5.32 Å². The van der Waals surface area contributed by atoms with Crippen molar-refractivity contribution in [3.63, 3.8) is 0 Å². The van der Waals surface area contributed by atoms with Gasteiger partial charge in [0, 0.05) is 5.69 Å². The van der Waals surface area contributed by atoms with Gasteiger partial charge in [-0.2, -0.15) is 0 Å². The molecule has 1 rings (SSSR count). The summed E-state index contributed by atoms with van der Waals surface area (Å²) in [6.07, 6.45) is 0.201. The number of alkyl carbamates (subject to hydrolysis) is 1. The van der Waals surface area contributed by atoms with E-state index in [2.05, 4.69) is 5.32 Å². The molecule has 0 saturated heterocycles. The molecule has 93 valence electrons. The molecule has 0 atom stereocenters. The van der Waals surface area contributed by atoms with Crippen molar-refractivity contribution in [2.75, 3.05) is 5.73 Å². The molecule has 1 amide bonds. The molecular weight excluding hydrogens is 216 g/mol. The van der Waals surface area contributed by atoms with Gasteiger partial charge in [-0.3, -0.25) is 0 Å². The van der Waals surface area contributed by atoms with Gasteiger partial charge in [0.15, 0.2) is 0 Å². The van der Waals surface area contributed by atoms with Crippen LogP contribution in [0, 0.1) is 6.54 Å². The minimum atomic E-state index is -0.473. The fraction of sp³-hybridized carbons (Fsp3) is 0.385. The number of hydrogen-bond acceptors (Lipinski definition) is 3. The van der Waals surface area contributed by atoms with Gasteiger partial charge in [0.1, 0.15) is 5.60 Å². The summed E-state index contributed by atoms with van der Waals surface area (Å²) in [5.74, 6) is 0. The van der Waals surface area contributed by atoms with Gasteiger partial charge >= 0.3 is 6.09 Å². The molecule has 0 aliphatic rings. The van der Waals surface area contributed by atoms with Crippen molar-refractivity contribution in [2.45, 2.75) is 32.8 Å². The Balaban J connectivity index is 2.28. The number of anilines is 1. The molecule has 0 aliphatic heterocycles. The summed E-state index contributed by atoms with van der Waals surface area (Å²) in [5.41, 5.74) is 6.91. The fourth-order valence-electron chi connectivity index (χ4n) is 1.21. The van der Waals surface area contributed by atoms with Crippen molar-refractivity contribution in [3.05, 3.63) is 36.4 Å². The number of hydrogen-bond donors (Lipinski definition) is 2. The predicted molar refractivity (Wildman–Crippen MR) is 68.2 cm³/mol. The van der Waals surface area contributed by atoms with Crippen molar-refractivity contribution in [2.24, 2.45) is 0 Å². The lowest BCUT2D eigenvalue weighted by Crippen LogP contribution is -2.31. The van der Waals surface area contributed by atoms with Gasteiger partial charge in [-0.1, -0.05) is 12.1 Å². The van der Waals surface area contributed by atoms with Crippen LogP contribution in [0.5, 0.6) is 0 Å². The first-order chi connectivity index (χ1) is 7.87. The van der Waals surface area contributed by atoms with E-state index in [9.17, 15) is 4.79 Å². The van der Waals surface area contributed by atoms with Crippen LogP contribution in [-0.2, 0) is 11.2 Å². The zero-order valence-electron chi connectivity index (χ0n) is 10.5. The fourth-order valence-corrected chi connectivity index (χ4v) is 1.21. The van der Waals surface area contributed by atoms with Crippen LogP contribution < -0.4 is 11.1 Å². The van der Waals surface area contributed by atoms with E-state index in [1.165, 1.54) is 0 Å². The molecule has 1 radical (unpaired) electrons. The summed E-state index contributed by atoms with van der Waals surface area (Å²) in [6.45, 7) is 7.14. The number of benzene rings is 1. The number of nitrogens with one attached hydrogen (secondary N) is 1. The van der Waals surface area contributed by atoms with Crippen molar-refractivity contribution >= 4 is 11.8 Å². The largest absolute Gasteiger partial charge is 0.444 e. The van der Waals surface area contributed by atoms with Crippen LogP contribution in [0.1, 0.15) is 26.3 Å². The van der Waals surface area contributed by atoms with Gasteiger partial charge in [-0.25, -0.2) is 4.79 Å². The van der Waals surface area contributed by atoms with Crippen molar-refractivity contribution < 1.29 is 9.53 Å². The number of nitrogens with two attached hydrogens (primary N) is 1. The van der Waals surface area contributed by atoms with E-state index < -0.39 is 11.7 Å². The molecule has 0 heterocycles. The second kappa shape index (κ2) is 5.57. The lowest BCUT2D eigenvalue weighted by molar-refractivity contribution is 0.0542. The molecule has 3 N–H and O–H groups in total. The van der Waals surface area contributed by atoms with Gasteiger partial charge in [-0.05, 0) is 44.9 Å². The Kier molecular flexibility index (Phi) is 4.37. The first-order valence-electron chi connectivity index (χ1n) is 5.52. The molecule has 0 fully saturated rings. The number of amides is 1. The lowest BCUT2D eigenvalue weighted by atomic mass is 10.1. The van der Waals surface area contributed by atoms with E-state index in [1.807, 2.05) is 45.0 Å². The van der Waals surface area contributed by atoms with E-state index in [-0.39, 0.29) is 0 Å². The van der Waals surface area contributed by atoms with Gasteiger partial charge in [0.25, 0.3) is 0 Å². The topological polar surface area (TPSA) is 64.3 Å². The first-order valence-corrected chi connectivity index (χ1v) is 5.52. The molecule has 17 heavy (non-hydrogen) atoms. The number of ether oxygens (including phenoxy) is 1. The Hall–Kier alpha value is -1.71. The molecule has 0 saturated carbocycles. The predicted octanol–water partition coefficient (Wildman–Crippen LogP) is 2.50. The number of nitrogen functional groups attached to an aromatic ring is 1. The van der Waals surface area contributed by atoms with Crippen molar-refractivity contribution in [3.8, 4) is 0 Å². The monoisotopic (exact) mass is 235 g/mol. The molecule has 0 aliphatic carbocycles. The van der Waals surface area contributed by atoms with Crippen LogP contribution in [-0.4, -0.2) is 11.7 Å². The third-order valence-electron chi connectivity index (χ3n) is 1.94. The average Bonchev–Trinajstić information content (AvgIpc) is 2.18. The quantitative estimate of drug-likeness (QED) is 0.791. The standard InChI is InChI=1S/C13H19N2O2/c1-13(2,3)17-12(16)15-9-8-10-4-6-11(14)7-5-10/h4-7,9H,8,14H2,1-3H3,(H,15,16). The SMILES string of the molecule is CC(C)(C)OC(=O)N[CH]Cc1ccc(N)cc1. The van der Waals surface area contributed by atoms with E-state index in [1.54, 1.807) is 6.54 Å². The van der Waals surface area contributed by atoms with E-state index in [0.717, 1.165) is 11.3 Å². The van der Waals surface area contributed by atoms with Gasteiger partial charge in [-0.15, -0.1) is 0 Å². The summed E-state index contributed by atoms with van der Waals surface area (Å²) >= 11 is 0. The maximum atomic E-state index is 11.3. The van der Waals surface area contributed by atoms with E-state index in [0.29, 0.717) is 6.42 Å². The first kappa shape index (κ1) is 13.4. The molecule has 0 bridgehead atoms. The Morgan fingerprint density at radius 2 is 1.94 bits per heavy atom. The number of carbonyl (C=O) groups excluding carboxylic acids is 1. The molecule has 0 unspecified atom stereocenters. The second-order valence-electron chi connectivity index (χ2n) is 4.80. The highest BCUT2D eigenvalue weighted by Gasteiger charge is 2.15. The van der Waals surface area contributed by atoms with Crippen LogP contribution in [0.3, 0.4) is 0 Å². The zero-order valence-corrected chi connectivity index (χ0v) is 10.5. The molecule has 0 aromatic heterocycles. The van der Waals surface area contributed by atoms with E-state index in [4.69, 9.17) is 10.5 Å². The molecular formula is C13H19N2O2. The van der Waals surface area contributed by atoms with Crippen LogP contribution in [0.25, 0.3) is 0 Å². The number of carbonyl (C=O) groups is 1. The number of rotatable bonds is 3. The second-order valence-corrected chi connectivity index (χ2v) is 4.80. The normalized spacial score (nSPS) is 11.0. The zero-order chi connectivity index (χ0) is 12.9.